The molecule has 3 heterocycles. The lowest BCUT2D eigenvalue weighted by atomic mass is 10.1. The summed E-state index contributed by atoms with van der Waals surface area (Å²) in [6.07, 6.45) is 0.954. The summed E-state index contributed by atoms with van der Waals surface area (Å²) in [7, 11) is 1.66. The number of hydrogen-bond acceptors (Lipinski definition) is 8. The van der Waals surface area contributed by atoms with Gasteiger partial charge in [0.25, 0.3) is 0 Å². The molecule has 0 aliphatic carbocycles. The zero-order valence-electron chi connectivity index (χ0n) is 18.0. The van der Waals surface area contributed by atoms with Crippen LogP contribution >= 0.6 is 11.3 Å². The van der Waals surface area contributed by atoms with Crippen molar-refractivity contribution in [3.63, 3.8) is 0 Å². The van der Waals surface area contributed by atoms with E-state index >= 15 is 0 Å². The van der Waals surface area contributed by atoms with Gasteiger partial charge < -0.3 is 14.4 Å². The number of thiophene rings is 1. The van der Waals surface area contributed by atoms with Crippen molar-refractivity contribution in [2.24, 2.45) is 0 Å². The second kappa shape index (κ2) is 10.2. The molecule has 1 aliphatic rings. The van der Waals surface area contributed by atoms with Gasteiger partial charge in [0.15, 0.2) is 5.82 Å². The Labute approximate surface area is 186 Å². The highest BCUT2D eigenvalue weighted by Crippen LogP contribution is 2.38. The van der Waals surface area contributed by atoms with Crippen molar-refractivity contribution in [1.82, 2.24) is 14.9 Å². The Morgan fingerprint density at radius 3 is 2.74 bits per heavy atom. The Bertz CT molecular complexity index is 1020. The van der Waals surface area contributed by atoms with Crippen molar-refractivity contribution in [3.05, 3.63) is 41.5 Å². The number of hydrogen-bond donors (Lipinski definition) is 0. The van der Waals surface area contributed by atoms with Crippen LogP contribution < -0.4 is 4.90 Å². The summed E-state index contributed by atoms with van der Waals surface area (Å²) in [5.41, 5.74) is 2.32. The number of esters is 1. The zero-order chi connectivity index (χ0) is 21.6. The lowest BCUT2D eigenvalue weighted by Crippen LogP contribution is -2.35. The normalized spacial score (nSPS) is 15.2. The average molecular weight is 441 g/mol. The smallest absolute Gasteiger partial charge is 0.320 e. The molecular weight excluding hydrogens is 412 g/mol. The van der Waals surface area contributed by atoms with Gasteiger partial charge in [-0.3, -0.25) is 9.69 Å². The van der Waals surface area contributed by atoms with Crippen molar-refractivity contribution in [1.29, 1.82) is 0 Å². The van der Waals surface area contributed by atoms with Crippen LogP contribution in [0.5, 0.6) is 0 Å². The molecule has 1 fully saturated rings. The molecule has 3 aromatic rings. The number of anilines is 1. The minimum atomic E-state index is -0.160. The second-order valence-corrected chi connectivity index (χ2v) is 8.37. The van der Waals surface area contributed by atoms with E-state index in [1.165, 1.54) is 0 Å². The van der Waals surface area contributed by atoms with Crippen molar-refractivity contribution in [2.45, 2.75) is 20.0 Å². The fourth-order valence-electron chi connectivity index (χ4n) is 3.95. The second-order valence-electron chi connectivity index (χ2n) is 7.51. The van der Waals surface area contributed by atoms with Crippen molar-refractivity contribution < 1.29 is 14.3 Å². The van der Waals surface area contributed by atoms with E-state index in [1.807, 2.05) is 13.0 Å². The standard InChI is InChI=1S/C23H28N4O3S/c1-3-30-20(28)14-26-10-7-11-27(13-12-26)22-21-18(17-8-5-4-6-9-17)16-31-23(21)25-19(24-22)15-29-2/h4-6,8-9,16H,3,7,10-15H2,1-2H3. The maximum Gasteiger partial charge on any atom is 0.320 e. The molecule has 0 atom stereocenters. The van der Waals surface area contributed by atoms with Crippen LogP contribution in [0, 0.1) is 0 Å². The van der Waals surface area contributed by atoms with Crippen molar-refractivity contribution in [3.8, 4) is 11.1 Å². The molecule has 0 saturated carbocycles. The summed E-state index contributed by atoms with van der Waals surface area (Å²) in [5.74, 6) is 1.49. The van der Waals surface area contributed by atoms with Crippen LogP contribution in [0.15, 0.2) is 35.7 Å². The summed E-state index contributed by atoms with van der Waals surface area (Å²) in [6.45, 7) is 6.29. The Kier molecular flexibility index (Phi) is 7.11. The number of aromatic nitrogens is 2. The molecule has 0 N–H and O–H groups in total. The third-order valence-corrected chi connectivity index (χ3v) is 6.24. The minimum Gasteiger partial charge on any atom is -0.465 e. The molecule has 0 bridgehead atoms. The topological polar surface area (TPSA) is 67.8 Å². The van der Waals surface area contributed by atoms with E-state index in [0.29, 0.717) is 25.6 Å². The van der Waals surface area contributed by atoms with Crippen LogP contribution in [0.3, 0.4) is 0 Å². The molecule has 4 rings (SSSR count). The summed E-state index contributed by atoms with van der Waals surface area (Å²) in [4.78, 5) is 27.1. The first-order valence-electron chi connectivity index (χ1n) is 10.6. The van der Waals surface area contributed by atoms with Gasteiger partial charge in [-0.15, -0.1) is 11.3 Å². The zero-order valence-corrected chi connectivity index (χ0v) is 18.9. The van der Waals surface area contributed by atoms with Crippen LogP contribution in [-0.4, -0.2) is 67.3 Å². The van der Waals surface area contributed by atoms with E-state index < -0.39 is 0 Å². The van der Waals surface area contributed by atoms with E-state index in [0.717, 1.165) is 59.8 Å². The number of rotatable bonds is 7. The minimum absolute atomic E-state index is 0.160. The summed E-state index contributed by atoms with van der Waals surface area (Å²) < 4.78 is 10.4. The Morgan fingerprint density at radius 2 is 1.97 bits per heavy atom. The van der Waals surface area contributed by atoms with Gasteiger partial charge in [-0.05, 0) is 18.9 Å². The Hall–Kier alpha value is -2.55. The van der Waals surface area contributed by atoms with E-state index in [-0.39, 0.29) is 5.97 Å². The molecule has 0 radical (unpaired) electrons. The van der Waals surface area contributed by atoms with Crippen LogP contribution in [0.4, 0.5) is 5.82 Å². The largest absolute Gasteiger partial charge is 0.465 e. The number of methoxy groups -OCH3 is 1. The average Bonchev–Trinajstić information content (AvgIpc) is 3.07. The van der Waals surface area contributed by atoms with Gasteiger partial charge >= 0.3 is 5.97 Å². The first-order valence-corrected chi connectivity index (χ1v) is 11.5. The number of fused-ring (bicyclic) bond motifs is 1. The fourth-order valence-corrected chi connectivity index (χ4v) is 4.91. The summed E-state index contributed by atoms with van der Waals surface area (Å²) >= 11 is 1.64. The summed E-state index contributed by atoms with van der Waals surface area (Å²) in [5, 5.41) is 3.26. The molecule has 0 amide bonds. The molecule has 0 spiro atoms. The highest BCUT2D eigenvalue weighted by Gasteiger charge is 2.23. The predicted molar refractivity (Wildman–Crippen MR) is 123 cm³/mol. The lowest BCUT2D eigenvalue weighted by Gasteiger charge is -2.24. The van der Waals surface area contributed by atoms with E-state index in [4.69, 9.17) is 19.4 Å². The van der Waals surface area contributed by atoms with Crippen LogP contribution in [0.1, 0.15) is 19.2 Å². The highest BCUT2D eigenvalue weighted by molar-refractivity contribution is 7.17. The van der Waals surface area contributed by atoms with E-state index in [1.54, 1.807) is 18.4 Å². The molecule has 1 aromatic carbocycles. The van der Waals surface area contributed by atoms with Gasteiger partial charge in [-0.25, -0.2) is 9.97 Å². The van der Waals surface area contributed by atoms with Crippen molar-refractivity contribution in [2.75, 3.05) is 51.3 Å². The van der Waals surface area contributed by atoms with Crippen LogP contribution in [0.25, 0.3) is 21.3 Å². The number of nitrogens with zero attached hydrogens (tertiary/aromatic N) is 4. The predicted octanol–water partition coefficient (Wildman–Crippen LogP) is 3.58. The third-order valence-electron chi connectivity index (χ3n) is 5.37. The molecular formula is C23H28N4O3S. The van der Waals surface area contributed by atoms with Crippen LogP contribution in [-0.2, 0) is 20.9 Å². The fraction of sp³-hybridized carbons (Fsp3) is 0.435. The number of carbonyl (C=O) groups excluding carboxylic acids is 1. The van der Waals surface area contributed by atoms with Crippen LogP contribution in [0.2, 0.25) is 0 Å². The van der Waals surface area contributed by atoms with Gasteiger partial charge in [-0.1, -0.05) is 30.3 Å². The first kappa shape index (κ1) is 21.7. The quantitative estimate of drug-likeness (QED) is 0.520. The van der Waals surface area contributed by atoms with Gasteiger partial charge in [0.2, 0.25) is 0 Å². The molecule has 7 nitrogen and oxygen atoms in total. The third kappa shape index (κ3) is 5.03. The Morgan fingerprint density at radius 1 is 1.13 bits per heavy atom. The molecule has 164 valence electrons. The number of ether oxygens (including phenoxy) is 2. The number of carbonyl (C=O) groups is 1. The van der Waals surface area contributed by atoms with E-state index in [2.05, 4.69) is 39.4 Å². The van der Waals surface area contributed by atoms with Gasteiger partial charge in [-0.2, -0.15) is 0 Å². The molecule has 1 saturated heterocycles. The molecule has 1 aliphatic heterocycles. The van der Waals surface area contributed by atoms with Crippen molar-refractivity contribution >= 4 is 33.3 Å². The molecule has 31 heavy (non-hydrogen) atoms. The molecule has 2 aromatic heterocycles. The van der Waals surface area contributed by atoms with Gasteiger partial charge in [0, 0.05) is 44.2 Å². The summed E-state index contributed by atoms with van der Waals surface area (Å²) in [6, 6.07) is 10.4. The first-order chi connectivity index (χ1) is 15.2. The SMILES string of the molecule is CCOC(=O)CN1CCCN(c2nc(COC)nc3scc(-c4ccccc4)c23)CC1. The van der Waals surface area contributed by atoms with Gasteiger partial charge in [0.05, 0.1) is 18.5 Å². The monoisotopic (exact) mass is 440 g/mol. The van der Waals surface area contributed by atoms with E-state index in [9.17, 15) is 4.79 Å². The van der Waals surface area contributed by atoms with Gasteiger partial charge in [0.1, 0.15) is 17.3 Å². The highest BCUT2D eigenvalue weighted by atomic mass is 32.1. The maximum absolute atomic E-state index is 11.9. The molecule has 8 heteroatoms. The lowest BCUT2D eigenvalue weighted by molar-refractivity contribution is -0.144. The number of benzene rings is 1. The molecule has 0 unspecified atom stereocenters. The maximum atomic E-state index is 11.9. The Balaban J connectivity index is 1.67.